The number of para-hydroxylation sites is 2. The van der Waals surface area contributed by atoms with Crippen LogP contribution in [-0.4, -0.2) is 45.1 Å². The number of rotatable bonds is 5. The van der Waals surface area contributed by atoms with E-state index in [1.54, 1.807) is 0 Å². The number of carbonyl (C=O) groups is 1. The number of carboxylic acid groups (broad SMARTS) is 1. The van der Waals surface area contributed by atoms with Gasteiger partial charge in [0.2, 0.25) is 0 Å². The van der Waals surface area contributed by atoms with E-state index < -0.39 is 5.97 Å². The van der Waals surface area contributed by atoms with Crippen molar-refractivity contribution < 1.29 is 9.90 Å². The molecule has 0 amide bonds. The van der Waals surface area contributed by atoms with Crippen LogP contribution in [0.4, 0.5) is 0 Å². The van der Waals surface area contributed by atoms with Crippen LogP contribution in [0.1, 0.15) is 50.8 Å². The van der Waals surface area contributed by atoms with Crippen LogP contribution in [-0.2, 0) is 11.2 Å². The number of benzene rings is 1. The lowest BCUT2D eigenvalue weighted by molar-refractivity contribution is -0.139. The number of nitrogens with one attached hydrogen (secondary N) is 1. The SMILES string of the molecule is Cl.O=C(O)C[C@@H]1CCN(C2CCCCC2)C[C@@H]1Cc1nc2ccccc2[nH]1. The maximum absolute atomic E-state index is 11.4. The van der Waals surface area contributed by atoms with E-state index in [0.717, 1.165) is 42.8 Å². The molecule has 0 bridgehead atoms. The summed E-state index contributed by atoms with van der Waals surface area (Å²) in [4.78, 5) is 22.2. The number of likely N-dealkylation sites (tertiary alicyclic amines) is 1. The average molecular weight is 392 g/mol. The summed E-state index contributed by atoms with van der Waals surface area (Å²) in [6, 6.07) is 8.80. The van der Waals surface area contributed by atoms with E-state index in [4.69, 9.17) is 4.98 Å². The van der Waals surface area contributed by atoms with E-state index in [1.807, 2.05) is 18.2 Å². The van der Waals surface area contributed by atoms with Crippen molar-refractivity contribution >= 4 is 29.4 Å². The van der Waals surface area contributed by atoms with Gasteiger partial charge in [-0.1, -0.05) is 31.4 Å². The lowest BCUT2D eigenvalue weighted by Gasteiger charge is -2.43. The lowest BCUT2D eigenvalue weighted by atomic mass is 9.79. The molecule has 2 atom stereocenters. The van der Waals surface area contributed by atoms with Gasteiger partial charge in [-0.15, -0.1) is 12.4 Å². The first-order valence-electron chi connectivity index (χ1n) is 10.1. The van der Waals surface area contributed by atoms with E-state index in [-0.39, 0.29) is 24.7 Å². The molecule has 5 nitrogen and oxygen atoms in total. The minimum atomic E-state index is -0.671. The molecule has 2 N–H and O–H groups in total. The highest BCUT2D eigenvalue weighted by Gasteiger charge is 2.34. The summed E-state index contributed by atoms with van der Waals surface area (Å²) in [6.45, 7) is 2.07. The van der Waals surface area contributed by atoms with E-state index in [0.29, 0.717) is 12.0 Å². The highest BCUT2D eigenvalue weighted by molar-refractivity contribution is 5.85. The summed E-state index contributed by atoms with van der Waals surface area (Å²) in [5.41, 5.74) is 2.06. The molecule has 2 aromatic rings. The molecule has 2 heterocycles. The molecule has 0 unspecified atom stereocenters. The minimum Gasteiger partial charge on any atom is -0.481 e. The average Bonchev–Trinajstić information content (AvgIpc) is 3.06. The fourth-order valence-corrected chi connectivity index (χ4v) is 4.96. The number of nitrogens with zero attached hydrogens (tertiary/aromatic N) is 2. The minimum absolute atomic E-state index is 0. The van der Waals surface area contributed by atoms with Gasteiger partial charge < -0.3 is 15.0 Å². The molecule has 1 aromatic carbocycles. The van der Waals surface area contributed by atoms with Crippen molar-refractivity contribution in [2.45, 2.75) is 57.4 Å². The standard InChI is InChI=1S/C21H29N3O2.ClH/c25-21(26)13-15-10-11-24(17-6-2-1-3-7-17)14-16(15)12-20-22-18-8-4-5-9-19(18)23-20;/h4-5,8-9,15-17H,1-3,6-7,10-14H2,(H,22,23)(H,25,26);1H/t15-,16-;/m0./s1. The van der Waals surface area contributed by atoms with Crippen LogP contribution < -0.4 is 0 Å². The fraction of sp³-hybridized carbons (Fsp3) is 0.619. The van der Waals surface area contributed by atoms with Crippen molar-refractivity contribution in [3.05, 3.63) is 30.1 Å². The maximum atomic E-state index is 11.4. The number of hydrogen-bond acceptors (Lipinski definition) is 3. The van der Waals surface area contributed by atoms with E-state index in [2.05, 4.69) is 16.0 Å². The molecule has 1 aromatic heterocycles. The molecular weight excluding hydrogens is 362 g/mol. The largest absolute Gasteiger partial charge is 0.481 e. The normalized spacial score (nSPS) is 24.6. The van der Waals surface area contributed by atoms with E-state index in [1.165, 1.54) is 32.1 Å². The third-order valence-electron chi connectivity index (χ3n) is 6.34. The van der Waals surface area contributed by atoms with Crippen LogP contribution in [0.25, 0.3) is 11.0 Å². The number of hydrogen-bond donors (Lipinski definition) is 2. The number of aromatic amines is 1. The second-order valence-corrected chi connectivity index (χ2v) is 8.10. The van der Waals surface area contributed by atoms with Crippen LogP contribution in [0.2, 0.25) is 0 Å². The highest BCUT2D eigenvalue weighted by atomic mass is 35.5. The lowest BCUT2D eigenvalue weighted by Crippen LogP contribution is -2.47. The Morgan fingerprint density at radius 1 is 1.15 bits per heavy atom. The quantitative estimate of drug-likeness (QED) is 0.798. The molecule has 1 aliphatic carbocycles. The summed E-state index contributed by atoms with van der Waals surface area (Å²) >= 11 is 0. The Labute approximate surface area is 167 Å². The maximum Gasteiger partial charge on any atom is 0.303 e. The first-order valence-corrected chi connectivity index (χ1v) is 10.1. The van der Waals surface area contributed by atoms with Crippen molar-refractivity contribution in [2.75, 3.05) is 13.1 Å². The van der Waals surface area contributed by atoms with Gasteiger partial charge in [0.25, 0.3) is 0 Å². The van der Waals surface area contributed by atoms with Gasteiger partial charge in [-0.05, 0) is 49.8 Å². The van der Waals surface area contributed by atoms with Crippen LogP contribution in [0.15, 0.2) is 24.3 Å². The predicted molar refractivity (Wildman–Crippen MR) is 109 cm³/mol. The number of H-pyrrole nitrogens is 1. The molecule has 1 saturated carbocycles. The Bertz CT molecular complexity index is 724. The third-order valence-corrected chi connectivity index (χ3v) is 6.34. The molecule has 6 heteroatoms. The monoisotopic (exact) mass is 391 g/mol. The Morgan fingerprint density at radius 3 is 2.67 bits per heavy atom. The number of fused-ring (bicyclic) bond motifs is 1. The Hall–Kier alpha value is -1.59. The molecule has 148 valence electrons. The number of carboxylic acids is 1. The molecule has 1 saturated heterocycles. The van der Waals surface area contributed by atoms with Gasteiger partial charge in [0.05, 0.1) is 11.0 Å². The second kappa shape index (κ2) is 9.07. The molecule has 1 aliphatic heterocycles. The molecule has 4 rings (SSSR count). The summed E-state index contributed by atoms with van der Waals surface area (Å²) < 4.78 is 0. The molecule has 0 radical (unpaired) electrons. The van der Waals surface area contributed by atoms with Crippen molar-refractivity contribution in [1.29, 1.82) is 0 Å². The van der Waals surface area contributed by atoms with E-state index >= 15 is 0 Å². The Balaban J connectivity index is 0.00000210. The summed E-state index contributed by atoms with van der Waals surface area (Å²) in [7, 11) is 0. The second-order valence-electron chi connectivity index (χ2n) is 8.10. The zero-order valence-electron chi connectivity index (χ0n) is 15.8. The van der Waals surface area contributed by atoms with Gasteiger partial charge in [-0.2, -0.15) is 0 Å². The summed E-state index contributed by atoms with van der Waals surface area (Å²) in [5, 5.41) is 9.34. The third kappa shape index (κ3) is 4.82. The Morgan fingerprint density at radius 2 is 1.93 bits per heavy atom. The van der Waals surface area contributed by atoms with Crippen LogP contribution in [0.3, 0.4) is 0 Å². The van der Waals surface area contributed by atoms with E-state index in [9.17, 15) is 9.90 Å². The van der Waals surface area contributed by atoms with Crippen molar-refractivity contribution in [1.82, 2.24) is 14.9 Å². The molecule has 2 aliphatic rings. The first kappa shape index (κ1) is 20.2. The van der Waals surface area contributed by atoms with Gasteiger partial charge in [-0.25, -0.2) is 4.98 Å². The van der Waals surface area contributed by atoms with Gasteiger partial charge in [0.15, 0.2) is 0 Å². The molecule has 27 heavy (non-hydrogen) atoms. The smallest absolute Gasteiger partial charge is 0.303 e. The fourth-order valence-electron chi connectivity index (χ4n) is 4.96. The topological polar surface area (TPSA) is 69.2 Å². The van der Waals surface area contributed by atoms with Crippen LogP contribution in [0, 0.1) is 11.8 Å². The van der Waals surface area contributed by atoms with Crippen molar-refractivity contribution in [3.8, 4) is 0 Å². The van der Waals surface area contributed by atoms with Crippen molar-refractivity contribution in [3.63, 3.8) is 0 Å². The number of halogens is 1. The van der Waals surface area contributed by atoms with Gasteiger partial charge >= 0.3 is 5.97 Å². The molecule has 2 fully saturated rings. The molecular formula is C21H30ClN3O2. The Kier molecular flexibility index (Phi) is 6.77. The number of aliphatic carboxylic acids is 1. The molecule has 0 spiro atoms. The summed E-state index contributed by atoms with van der Waals surface area (Å²) in [6.07, 6.45) is 8.78. The van der Waals surface area contributed by atoms with Crippen molar-refractivity contribution in [2.24, 2.45) is 11.8 Å². The summed E-state index contributed by atoms with van der Waals surface area (Å²) in [5.74, 6) is 0.940. The van der Waals surface area contributed by atoms with Crippen LogP contribution in [0.5, 0.6) is 0 Å². The van der Waals surface area contributed by atoms with Gasteiger partial charge in [-0.3, -0.25) is 4.79 Å². The predicted octanol–water partition coefficient (Wildman–Crippen LogP) is 4.27. The number of imidazole rings is 1. The number of aromatic nitrogens is 2. The zero-order chi connectivity index (χ0) is 17.9. The first-order chi connectivity index (χ1) is 12.7. The van der Waals surface area contributed by atoms with Gasteiger partial charge in [0.1, 0.15) is 5.82 Å². The van der Waals surface area contributed by atoms with Crippen LogP contribution >= 0.6 is 12.4 Å². The number of piperidine rings is 1. The zero-order valence-corrected chi connectivity index (χ0v) is 16.6. The highest BCUT2D eigenvalue weighted by Crippen LogP contribution is 2.33. The van der Waals surface area contributed by atoms with Gasteiger partial charge in [0, 0.05) is 25.4 Å².